The van der Waals surface area contributed by atoms with Crippen LogP contribution in [0, 0.1) is 5.92 Å². The monoisotopic (exact) mass is 258 g/mol. The summed E-state index contributed by atoms with van der Waals surface area (Å²) in [7, 11) is 0. The smallest absolute Gasteiger partial charge is 0.0136 e. The van der Waals surface area contributed by atoms with Crippen molar-refractivity contribution >= 4 is 11.8 Å². The summed E-state index contributed by atoms with van der Waals surface area (Å²) >= 11 is 2.07. The van der Waals surface area contributed by atoms with E-state index in [4.69, 9.17) is 5.73 Å². The Balaban J connectivity index is 2.40. The molecule has 2 nitrogen and oxygen atoms in total. The van der Waals surface area contributed by atoms with Gasteiger partial charge in [0.2, 0.25) is 0 Å². The van der Waals surface area contributed by atoms with Crippen molar-refractivity contribution in [3.8, 4) is 0 Å². The lowest BCUT2D eigenvalue weighted by atomic mass is 9.83. The summed E-state index contributed by atoms with van der Waals surface area (Å²) < 4.78 is 0. The van der Waals surface area contributed by atoms with Crippen molar-refractivity contribution in [3.05, 3.63) is 0 Å². The van der Waals surface area contributed by atoms with E-state index in [-0.39, 0.29) is 0 Å². The summed E-state index contributed by atoms with van der Waals surface area (Å²) in [5.41, 5.74) is 5.93. The van der Waals surface area contributed by atoms with Crippen molar-refractivity contribution in [2.75, 3.05) is 25.4 Å². The Bertz CT molecular complexity index is 197. The molecule has 2 atom stereocenters. The molecule has 1 saturated carbocycles. The number of rotatable bonds is 7. The third-order valence-corrected chi connectivity index (χ3v) is 4.96. The Morgan fingerprint density at radius 3 is 2.59 bits per heavy atom. The highest BCUT2D eigenvalue weighted by molar-refractivity contribution is 7.99. The molecule has 102 valence electrons. The minimum Gasteiger partial charge on any atom is -0.330 e. The van der Waals surface area contributed by atoms with Crippen molar-refractivity contribution in [1.29, 1.82) is 0 Å². The Labute approximate surface area is 112 Å². The number of nitrogens with two attached hydrogens (primary N) is 1. The quantitative estimate of drug-likeness (QED) is 0.761. The normalized spacial score (nSPS) is 25.8. The molecular weight excluding hydrogens is 228 g/mol. The molecule has 0 aromatic rings. The summed E-state index contributed by atoms with van der Waals surface area (Å²) in [6.45, 7) is 10.1. The van der Waals surface area contributed by atoms with E-state index in [1.807, 2.05) is 0 Å². The Morgan fingerprint density at radius 1 is 1.29 bits per heavy atom. The predicted molar refractivity (Wildman–Crippen MR) is 79.6 cm³/mol. The lowest BCUT2D eigenvalue weighted by Crippen LogP contribution is -2.46. The minimum atomic E-state index is 0.743. The molecule has 0 heterocycles. The van der Waals surface area contributed by atoms with E-state index >= 15 is 0 Å². The van der Waals surface area contributed by atoms with Crippen LogP contribution in [-0.2, 0) is 0 Å². The van der Waals surface area contributed by atoms with Crippen molar-refractivity contribution in [1.82, 2.24) is 4.90 Å². The second-order valence-electron chi connectivity index (χ2n) is 5.40. The number of thioether (sulfide) groups is 1. The molecule has 2 N–H and O–H groups in total. The molecule has 1 aliphatic rings. The zero-order chi connectivity index (χ0) is 12.7. The molecule has 1 aliphatic carbocycles. The van der Waals surface area contributed by atoms with E-state index in [0.717, 1.165) is 23.8 Å². The SMILES string of the molecule is CCN(CCSC(C)C)C1CCCCC1CN. The fourth-order valence-electron chi connectivity index (χ4n) is 2.91. The first-order valence-corrected chi connectivity index (χ1v) is 8.29. The van der Waals surface area contributed by atoms with Gasteiger partial charge in [-0.1, -0.05) is 33.6 Å². The van der Waals surface area contributed by atoms with E-state index in [1.54, 1.807) is 0 Å². The van der Waals surface area contributed by atoms with Crippen LogP contribution in [0.5, 0.6) is 0 Å². The maximum Gasteiger partial charge on any atom is 0.0136 e. The summed E-state index contributed by atoms with van der Waals surface area (Å²) in [4.78, 5) is 2.67. The molecule has 0 saturated heterocycles. The van der Waals surface area contributed by atoms with Crippen LogP contribution in [0.4, 0.5) is 0 Å². The van der Waals surface area contributed by atoms with Crippen LogP contribution in [0.3, 0.4) is 0 Å². The fourth-order valence-corrected chi connectivity index (χ4v) is 3.72. The van der Waals surface area contributed by atoms with Crippen LogP contribution < -0.4 is 5.73 Å². The van der Waals surface area contributed by atoms with Crippen molar-refractivity contribution < 1.29 is 0 Å². The van der Waals surface area contributed by atoms with Crippen LogP contribution in [0.25, 0.3) is 0 Å². The molecular formula is C14H30N2S. The van der Waals surface area contributed by atoms with Crippen LogP contribution in [0.1, 0.15) is 46.5 Å². The second kappa shape index (κ2) is 8.39. The molecule has 0 bridgehead atoms. The Kier molecular flexibility index (Phi) is 7.56. The highest BCUT2D eigenvalue weighted by Crippen LogP contribution is 2.28. The van der Waals surface area contributed by atoms with Gasteiger partial charge < -0.3 is 5.73 Å². The summed E-state index contributed by atoms with van der Waals surface area (Å²) in [6.07, 6.45) is 5.49. The maximum atomic E-state index is 5.93. The standard InChI is InChI=1S/C14H30N2S/c1-4-16(9-10-17-12(2)3)14-8-6-5-7-13(14)11-15/h12-14H,4-11,15H2,1-3H3. The van der Waals surface area contributed by atoms with E-state index in [0.29, 0.717) is 0 Å². The Morgan fingerprint density at radius 2 is 2.00 bits per heavy atom. The largest absolute Gasteiger partial charge is 0.330 e. The molecule has 0 aliphatic heterocycles. The van der Waals surface area contributed by atoms with Crippen LogP contribution in [0.2, 0.25) is 0 Å². The zero-order valence-corrected chi connectivity index (χ0v) is 12.6. The van der Waals surface area contributed by atoms with Gasteiger partial charge in [-0.3, -0.25) is 4.90 Å². The first kappa shape index (κ1) is 15.3. The van der Waals surface area contributed by atoms with Gasteiger partial charge in [-0.15, -0.1) is 0 Å². The molecule has 0 aromatic carbocycles. The van der Waals surface area contributed by atoms with Crippen LogP contribution >= 0.6 is 11.8 Å². The van der Waals surface area contributed by atoms with Crippen molar-refractivity contribution in [2.45, 2.75) is 57.7 Å². The Hall–Kier alpha value is 0.270. The van der Waals surface area contributed by atoms with Crippen LogP contribution in [0.15, 0.2) is 0 Å². The second-order valence-corrected chi connectivity index (χ2v) is 7.08. The van der Waals surface area contributed by atoms with Gasteiger partial charge in [0, 0.05) is 18.3 Å². The molecule has 0 amide bonds. The molecule has 17 heavy (non-hydrogen) atoms. The molecule has 3 heteroatoms. The number of hydrogen-bond donors (Lipinski definition) is 1. The summed E-state index contributed by atoms with van der Waals surface area (Å²) in [5, 5.41) is 0.755. The van der Waals surface area contributed by atoms with E-state index in [9.17, 15) is 0 Å². The predicted octanol–water partition coefficient (Wildman–Crippen LogP) is 2.97. The third-order valence-electron chi connectivity index (χ3n) is 3.88. The number of nitrogens with zero attached hydrogens (tertiary/aromatic N) is 1. The average Bonchev–Trinajstić information content (AvgIpc) is 2.34. The molecule has 0 radical (unpaired) electrons. The van der Waals surface area contributed by atoms with Gasteiger partial charge in [0.1, 0.15) is 0 Å². The van der Waals surface area contributed by atoms with E-state index < -0.39 is 0 Å². The molecule has 2 unspecified atom stereocenters. The first-order chi connectivity index (χ1) is 8.19. The van der Waals surface area contributed by atoms with E-state index in [2.05, 4.69) is 37.4 Å². The van der Waals surface area contributed by atoms with Crippen LogP contribution in [-0.4, -0.2) is 41.6 Å². The first-order valence-electron chi connectivity index (χ1n) is 7.24. The molecule has 1 fully saturated rings. The molecule has 0 spiro atoms. The van der Waals surface area contributed by atoms with Gasteiger partial charge in [0.15, 0.2) is 0 Å². The molecule has 0 aromatic heterocycles. The van der Waals surface area contributed by atoms with Gasteiger partial charge in [-0.2, -0.15) is 11.8 Å². The average molecular weight is 258 g/mol. The van der Waals surface area contributed by atoms with Gasteiger partial charge >= 0.3 is 0 Å². The summed E-state index contributed by atoms with van der Waals surface area (Å²) in [6, 6.07) is 0.756. The van der Waals surface area contributed by atoms with Crippen molar-refractivity contribution in [3.63, 3.8) is 0 Å². The van der Waals surface area contributed by atoms with Gasteiger partial charge in [0.25, 0.3) is 0 Å². The maximum absolute atomic E-state index is 5.93. The minimum absolute atomic E-state index is 0.743. The lowest BCUT2D eigenvalue weighted by Gasteiger charge is -2.39. The zero-order valence-electron chi connectivity index (χ0n) is 11.8. The van der Waals surface area contributed by atoms with Crippen molar-refractivity contribution in [2.24, 2.45) is 11.7 Å². The highest BCUT2D eigenvalue weighted by atomic mass is 32.2. The molecule has 1 rings (SSSR count). The van der Waals surface area contributed by atoms with E-state index in [1.165, 1.54) is 44.5 Å². The topological polar surface area (TPSA) is 29.3 Å². The van der Waals surface area contributed by atoms with Gasteiger partial charge in [0.05, 0.1) is 0 Å². The lowest BCUT2D eigenvalue weighted by molar-refractivity contribution is 0.119. The fraction of sp³-hybridized carbons (Fsp3) is 1.00. The third kappa shape index (κ3) is 5.19. The van der Waals surface area contributed by atoms with Gasteiger partial charge in [-0.05, 0) is 37.1 Å². The van der Waals surface area contributed by atoms with Gasteiger partial charge in [-0.25, -0.2) is 0 Å². The number of hydrogen-bond acceptors (Lipinski definition) is 3. The summed E-state index contributed by atoms with van der Waals surface area (Å²) in [5.74, 6) is 2.01. The highest BCUT2D eigenvalue weighted by Gasteiger charge is 2.28.